The number of fused-ring (bicyclic) bond motifs is 1. The summed E-state index contributed by atoms with van der Waals surface area (Å²) in [5, 5.41) is 4.51. The molecule has 1 aliphatic heterocycles. The summed E-state index contributed by atoms with van der Waals surface area (Å²) < 4.78 is 57.0. The fraction of sp³-hybridized carbons (Fsp3) is 0.393. The smallest absolute Gasteiger partial charge is 0.444 e. The lowest BCUT2D eigenvalue weighted by Crippen LogP contribution is -2.36. The number of thiazole rings is 1. The maximum atomic E-state index is 13.3. The van der Waals surface area contributed by atoms with E-state index >= 15 is 0 Å². The summed E-state index contributed by atoms with van der Waals surface area (Å²) in [4.78, 5) is 55.7. The minimum Gasteiger partial charge on any atom is -0.444 e. The zero-order valence-corrected chi connectivity index (χ0v) is 25.8. The number of ether oxygens (including phenoxy) is 2. The molecule has 1 N–H and O–H groups in total. The van der Waals surface area contributed by atoms with Crippen LogP contribution in [0.3, 0.4) is 0 Å². The van der Waals surface area contributed by atoms with E-state index in [-0.39, 0.29) is 51.3 Å². The highest BCUT2D eigenvalue weighted by Gasteiger charge is 2.32. The number of piperidine rings is 1. The van der Waals surface area contributed by atoms with Gasteiger partial charge in [0.05, 0.1) is 23.1 Å². The average molecular weight is 670 g/mol. The Labute approximate surface area is 261 Å². The highest BCUT2D eigenvalue weighted by atomic mass is 35.5. The molecule has 0 radical (unpaired) electrons. The summed E-state index contributed by atoms with van der Waals surface area (Å²) in [6, 6.07) is 3.64. The first kappa shape index (κ1) is 32.2. The van der Waals surface area contributed by atoms with Gasteiger partial charge in [0.15, 0.2) is 11.5 Å². The average Bonchev–Trinajstić information content (AvgIpc) is 3.54. The Hall–Kier alpha value is -4.15. The summed E-state index contributed by atoms with van der Waals surface area (Å²) in [5.74, 6) is -1.76. The molecule has 0 saturated carbocycles. The number of aromatic nitrogens is 3. The van der Waals surface area contributed by atoms with Gasteiger partial charge in [0.25, 0.3) is 11.5 Å². The Morgan fingerprint density at radius 1 is 1.18 bits per heavy atom. The van der Waals surface area contributed by atoms with Crippen LogP contribution in [0.1, 0.15) is 24.2 Å². The van der Waals surface area contributed by atoms with Crippen LogP contribution in [0.15, 0.2) is 42.6 Å². The molecule has 0 atom stereocenters. The number of amides is 1. The third-order valence-electron chi connectivity index (χ3n) is 7.40. The van der Waals surface area contributed by atoms with E-state index in [1.54, 1.807) is 12.3 Å². The maximum Gasteiger partial charge on any atom is 0.573 e. The van der Waals surface area contributed by atoms with Gasteiger partial charge in [0, 0.05) is 30.6 Å². The van der Waals surface area contributed by atoms with Crippen molar-refractivity contribution < 1.29 is 36.7 Å². The van der Waals surface area contributed by atoms with Gasteiger partial charge >= 0.3 is 18.0 Å². The lowest BCUT2D eigenvalue weighted by molar-refractivity contribution is -0.274. The summed E-state index contributed by atoms with van der Waals surface area (Å²) >= 11 is 7.11. The lowest BCUT2D eigenvalue weighted by Gasteiger charge is -2.21. The summed E-state index contributed by atoms with van der Waals surface area (Å²) in [6.07, 6.45) is -4.10. The number of benzene rings is 1. The van der Waals surface area contributed by atoms with E-state index in [9.17, 15) is 32.3 Å². The zero-order valence-electron chi connectivity index (χ0n) is 24.2. The molecule has 0 unspecified atom stereocenters. The number of rotatable bonds is 7. The van der Waals surface area contributed by atoms with E-state index in [1.165, 1.54) is 35.4 Å². The van der Waals surface area contributed by atoms with Crippen molar-refractivity contribution in [1.82, 2.24) is 19.0 Å². The van der Waals surface area contributed by atoms with Gasteiger partial charge in [-0.3, -0.25) is 28.1 Å². The molecular formula is C28H27ClF3N5O7S. The van der Waals surface area contributed by atoms with Crippen LogP contribution < -0.4 is 26.1 Å². The van der Waals surface area contributed by atoms with Crippen molar-refractivity contribution in [1.29, 1.82) is 0 Å². The Kier molecular flexibility index (Phi) is 9.09. The molecule has 1 saturated heterocycles. The molecule has 1 fully saturated rings. The van der Waals surface area contributed by atoms with E-state index in [0.29, 0.717) is 37.2 Å². The van der Waals surface area contributed by atoms with Gasteiger partial charge in [-0.15, -0.1) is 24.5 Å². The van der Waals surface area contributed by atoms with E-state index in [4.69, 9.17) is 20.8 Å². The number of esters is 1. The Morgan fingerprint density at radius 3 is 2.56 bits per heavy atom. The second-order valence-corrected chi connectivity index (χ2v) is 11.6. The van der Waals surface area contributed by atoms with Crippen LogP contribution in [-0.2, 0) is 41.6 Å². The van der Waals surface area contributed by atoms with E-state index in [0.717, 1.165) is 22.0 Å². The number of hydrogen-bond donors (Lipinski definition) is 1. The number of carbonyl (C=O) groups is 2. The maximum absolute atomic E-state index is 13.3. The van der Waals surface area contributed by atoms with Crippen molar-refractivity contribution in [2.45, 2.75) is 39.3 Å². The van der Waals surface area contributed by atoms with Gasteiger partial charge in [-0.25, -0.2) is 4.79 Å². The van der Waals surface area contributed by atoms with Crippen LogP contribution in [0.5, 0.6) is 5.75 Å². The van der Waals surface area contributed by atoms with Crippen molar-refractivity contribution in [2.24, 2.45) is 25.0 Å². The fourth-order valence-electron chi connectivity index (χ4n) is 5.04. The van der Waals surface area contributed by atoms with Crippen LogP contribution in [0, 0.1) is 12.8 Å². The van der Waals surface area contributed by atoms with Crippen LogP contribution in [-0.4, -0.2) is 45.0 Å². The van der Waals surface area contributed by atoms with E-state index in [1.807, 2.05) is 0 Å². The second-order valence-electron chi connectivity index (χ2n) is 10.3. The van der Waals surface area contributed by atoms with E-state index < -0.39 is 35.2 Å². The largest absolute Gasteiger partial charge is 0.573 e. The van der Waals surface area contributed by atoms with Crippen LogP contribution in [0.2, 0.25) is 5.02 Å². The third-order valence-corrected chi connectivity index (χ3v) is 8.55. The summed E-state index contributed by atoms with van der Waals surface area (Å²) in [5.41, 5.74) is -0.217. The van der Waals surface area contributed by atoms with Crippen molar-refractivity contribution in [3.8, 4) is 17.0 Å². The molecule has 5 rings (SSSR count). The molecule has 1 amide bonds. The molecule has 17 heteroatoms. The van der Waals surface area contributed by atoms with Gasteiger partial charge in [-0.2, -0.15) is 4.99 Å². The molecule has 1 aromatic carbocycles. The van der Waals surface area contributed by atoms with Gasteiger partial charge in [0.2, 0.25) is 5.71 Å². The number of carbonyl (C=O) groups excluding carboxylic acids is 2. The van der Waals surface area contributed by atoms with Gasteiger partial charge in [-0.1, -0.05) is 11.6 Å². The van der Waals surface area contributed by atoms with E-state index in [2.05, 4.69) is 15.0 Å². The molecule has 0 aliphatic carbocycles. The quantitative estimate of drug-likeness (QED) is 0.296. The normalized spacial score (nSPS) is 14.7. The number of aryl methyl sites for hydroxylation is 2. The third kappa shape index (κ3) is 6.77. The minimum absolute atomic E-state index is 0.0246. The topological polar surface area (TPSA) is 139 Å². The zero-order chi connectivity index (χ0) is 32.6. The van der Waals surface area contributed by atoms with Crippen LogP contribution in [0.25, 0.3) is 22.4 Å². The molecule has 0 spiro atoms. The van der Waals surface area contributed by atoms with Crippen LogP contribution in [0.4, 0.5) is 13.2 Å². The van der Waals surface area contributed by atoms with Crippen molar-refractivity contribution >= 4 is 45.9 Å². The Balaban J connectivity index is 1.52. The molecule has 45 heavy (non-hydrogen) atoms. The molecule has 1 aliphatic rings. The number of alkyl halides is 3. The predicted octanol–water partition coefficient (Wildman–Crippen LogP) is 3.39. The standard InChI is InChI=1S/C28H27ClF3N5O7S/c1-14-17(22-23(39)35(2)27(41)36(3)24(22)43-14)11-21(38)34-26-37(13-42-25(40)15-6-8-33-9-7-15)19(12-45-26)16-4-5-20(18(29)10-16)44-28(30,31)32/h4-5,10,12,15,33H,6-9,11,13H2,1-3H3/b34-26-. The van der Waals surface area contributed by atoms with Crippen molar-refractivity contribution in [3.05, 3.63) is 65.6 Å². The number of nitrogens with zero attached hydrogens (tertiary/aromatic N) is 4. The first-order chi connectivity index (χ1) is 21.2. The Morgan fingerprint density at radius 2 is 1.89 bits per heavy atom. The second kappa shape index (κ2) is 12.7. The predicted molar refractivity (Wildman–Crippen MR) is 157 cm³/mol. The first-order valence-electron chi connectivity index (χ1n) is 13.6. The van der Waals surface area contributed by atoms with Crippen LogP contribution >= 0.6 is 22.9 Å². The number of halogens is 4. The molecular weight excluding hydrogens is 643 g/mol. The Bertz CT molecular complexity index is 1980. The first-order valence-corrected chi connectivity index (χ1v) is 14.9. The molecule has 12 nitrogen and oxygen atoms in total. The molecule has 4 aromatic rings. The van der Waals surface area contributed by atoms with Crippen molar-refractivity contribution in [3.63, 3.8) is 0 Å². The summed E-state index contributed by atoms with van der Waals surface area (Å²) in [7, 11) is 2.76. The molecule has 240 valence electrons. The van der Waals surface area contributed by atoms with Gasteiger partial charge in [0.1, 0.15) is 16.9 Å². The van der Waals surface area contributed by atoms with Gasteiger partial charge in [-0.05, 0) is 51.1 Å². The minimum atomic E-state index is -4.94. The molecule has 0 bridgehead atoms. The highest BCUT2D eigenvalue weighted by Crippen LogP contribution is 2.34. The SMILES string of the molecule is Cc1oc2c(c1CC(=O)/N=c1\scc(-c3ccc(OC(F)(F)F)c(Cl)c3)n1COC(=O)C1CCNCC1)c(=O)n(C)c(=O)n2C. The van der Waals surface area contributed by atoms with Gasteiger partial charge < -0.3 is 19.2 Å². The number of furan rings is 1. The molecule has 4 heterocycles. The highest BCUT2D eigenvalue weighted by molar-refractivity contribution is 7.07. The monoisotopic (exact) mass is 669 g/mol. The fourth-order valence-corrected chi connectivity index (χ4v) is 6.17. The summed E-state index contributed by atoms with van der Waals surface area (Å²) in [6.45, 7) is 2.54. The lowest BCUT2D eigenvalue weighted by atomic mass is 9.99. The molecule has 3 aromatic heterocycles. The number of hydrogen-bond acceptors (Lipinski definition) is 9. The van der Waals surface area contributed by atoms with Crippen molar-refractivity contribution in [2.75, 3.05) is 13.1 Å². The number of nitrogens with one attached hydrogen (secondary N) is 1.